The highest BCUT2D eigenvalue weighted by Gasteiger charge is 2.31. The van der Waals surface area contributed by atoms with E-state index in [9.17, 15) is 9.90 Å². The Morgan fingerprint density at radius 1 is 1.11 bits per heavy atom. The molecule has 18 heavy (non-hydrogen) atoms. The van der Waals surface area contributed by atoms with Gasteiger partial charge in [0.2, 0.25) is 0 Å². The number of rotatable bonds is 1. The quantitative estimate of drug-likeness (QED) is 0.706. The molecule has 1 unspecified atom stereocenters. The fraction of sp³-hybridized carbons (Fsp3) is 0.0714. The van der Waals surface area contributed by atoms with Gasteiger partial charge in [-0.1, -0.05) is 36.4 Å². The number of hydrogen-bond acceptors (Lipinski definition) is 3. The third kappa shape index (κ3) is 1.23. The number of benzene rings is 2. The highest BCUT2D eigenvalue weighted by Crippen LogP contribution is 2.39. The highest BCUT2D eigenvalue weighted by atomic mass is 16.4. The first kappa shape index (κ1) is 10.7. The van der Waals surface area contributed by atoms with Crippen LogP contribution >= 0.6 is 0 Å². The van der Waals surface area contributed by atoms with Crippen LogP contribution in [0.1, 0.15) is 17.0 Å². The zero-order valence-corrected chi connectivity index (χ0v) is 9.55. The first-order chi connectivity index (χ1) is 8.61. The van der Waals surface area contributed by atoms with E-state index in [-0.39, 0.29) is 5.70 Å². The molecule has 0 bridgehead atoms. The summed E-state index contributed by atoms with van der Waals surface area (Å²) in [5, 5.41) is 11.2. The minimum Gasteiger partial charge on any atom is -0.480 e. The fourth-order valence-corrected chi connectivity index (χ4v) is 2.58. The monoisotopic (exact) mass is 240 g/mol. The van der Waals surface area contributed by atoms with Crippen molar-refractivity contribution in [1.82, 2.24) is 0 Å². The lowest BCUT2D eigenvalue weighted by molar-refractivity contribution is -0.137. The van der Waals surface area contributed by atoms with Crippen LogP contribution in [0.3, 0.4) is 0 Å². The van der Waals surface area contributed by atoms with Crippen LogP contribution in [0.15, 0.2) is 42.1 Å². The summed E-state index contributed by atoms with van der Waals surface area (Å²) in [5.74, 6) is -1.83. The Labute approximate surface area is 104 Å². The van der Waals surface area contributed by atoms with Gasteiger partial charge in [0.1, 0.15) is 5.92 Å². The number of aliphatic carboxylic acids is 1. The van der Waals surface area contributed by atoms with Crippen LogP contribution in [0.2, 0.25) is 0 Å². The highest BCUT2D eigenvalue weighted by molar-refractivity contribution is 6.03. The lowest BCUT2D eigenvalue weighted by Gasteiger charge is -2.24. The van der Waals surface area contributed by atoms with E-state index in [0.717, 1.165) is 16.3 Å². The largest absolute Gasteiger partial charge is 0.480 e. The normalized spacial score (nSPS) is 18.1. The average Bonchev–Trinajstić information content (AvgIpc) is 2.36. The van der Waals surface area contributed by atoms with Gasteiger partial charge in [-0.15, -0.1) is 0 Å². The minimum absolute atomic E-state index is 0.216. The summed E-state index contributed by atoms with van der Waals surface area (Å²) >= 11 is 0. The molecule has 0 spiro atoms. The fourth-order valence-electron chi connectivity index (χ4n) is 2.58. The molecule has 4 heteroatoms. The summed E-state index contributed by atoms with van der Waals surface area (Å²) in [6.07, 6.45) is 0. The standard InChI is InChI=1S/C14H12N2O2/c15-12-9-6-2-4-7-3-1-5-8(10(7)9)11(13(12)16)14(17)18/h1-6,11H,15-16H2,(H,17,18). The Kier molecular flexibility index (Phi) is 2.07. The third-order valence-electron chi connectivity index (χ3n) is 3.41. The van der Waals surface area contributed by atoms with Gasteiger partial charge in [-0.3, -0.25) is 4.79 Å². The van der Waals surface area contributed by atoms with E-state index in [1.54, 1.807) is 6.07 Å². The van der Waals surface area contributed by atoms with Gasteiger partial charge < -0.3 is 16.6 Å². The maximum Gasteiger partial charge on any atom is 0.317 e. The van der Waals surface area contributed by atoms with Crippen molar-refractivity contribution in [3.63, 3.8) is 0 Å². The Bertz CT molecular complexity index is 699. The first-order valence-electron chi connectivity index (χ1n) is 5.61. The summed E-state index contributed by atoms with van der Waals surface area (Å²) in [7, 11) is 0. The predicted molar refractivity (Wildman–Crippen MR) is 69.6 cm³/mol. The van der Waals surface area contributed by atoms with Crippen LogP contribution in [0.4, 0.5) is 0 Å². The maximum absolute atomic E-state index is 11.4. The molecule has 1 atom stereocenters. The molecular formula is C14H12N2O2. The molecule has 1 aliphatic rings. The van der Waals surface area contributed by atoms with E-state index in [1.165, 1.54) is 0 Å². The molecule has 0 fully saturated rings. The van der Waals surface area contributed by atoms with Crippen LogP contribution in [0.5, 0.6) is 0 Å². The molecule has 0 aromatic heterocycles. The van der Waals surface area contributed by atoms with E-state index in [0.29, 0.717) is 11.3 Å². The van der Waals surface area contributed by atoms with Gasteiger partial charge in [0.25, 0.3) is 0 Å². The van der Waals surface area contributed by atoms with Crippen LogP contribution in [-0.2, 0) is 4.79 Å². The molecular weight excluding hydrogens is 228 g/mol. The summed E-state index contributed by atoms with van der Waals surface area (Å²) in [4.78, 5) is 11.4. The van der Waals surface area contributed by atoms with Crippen LogP contribution in [-0.4, -0.2) is 11.1 Å². The third-order valence-corrected chi connectivity index (χ3v) is 3.41. The second kappa shape index (κ2) is 3.50. The number of nitrogens with two attached hydrogens (primary N) is 2. The van der Waals surface area contributed by atoms with Crippen molar-refractivity contribution < 1.29 is 9.90 Å². The van der Waals surface area contributed by atoms with Gasteiger partial charge >= 0.3 is 5.97 Å². The summed E-state index contributed by atoms with van der Waals surface area (Å²) in [6, 6.07) is 11.3. The Morgan fingerprint density at radius 2 is 1.78 bits per heavy atom. The minimum atomic E-state index is -0.975. The van der Waals surface area contributed by atoms with Crippen LogP contribution in [0.25, 0.3) is 16.5 Å². The molecule has 0 amide bonds. The van der Waals surface area contributed by atoms with E-state index in [1.807, 2.05) is 30.3 Å². The lowest BCUT2D eigenvalue weighted by Crippen LogP contribution is -2.26. The van der Waals surface area contributed by atoms with Crippen molar-refractivity contribution in [2.45, 2.75) is 5.92 Å². The summed E-state index contributed by atoms with van der Waals surface area (Å²) < 4.78 is 0. The Morgan fingerprint density at radius 3 is 2.44 bits per heavy atom. The molecule has 0 saturated heterocycles. The molecule has 3 rings (SSSR count). The van der Waals surface area contributed by atoms with E-state index in [4.69, 9.17) is 11.5 Å². The number of carboxylic acid groups (broad SMARTS) is 1. The predicted octanol–water partition coefficient (Wildman–Crippen LogP) is 1.61. The van der Waals surface area contributed by atoms with Crippen molar-refractivity contribution in [1.29, 1.82) is 0 Å². The topological polar surface area (TPSA) is 89.3 Å². The number of carboxylic acids is 1. The van der Waals surface area contributed by atoms with Gasteiger partial charge in [-0.2, -0.15) is 0 Å². The van der Waals surface area contributed by atoms with Gasteiger partial charge in [0.05, 0.1) is 11.4 Å². The molecule has 2 aromatic rings. The molecule has 0 radical (unpaired) electrons. The molecule has 0 saturated carbocycles. The van der Waals surface area contributed by atoms with E-state index >= 15 is 0 Å². The molecule has 90 valence electrons. The second-order valence-corrected chi connectivity index (χ2v) is 4.39. The van der Waals surface area contributed by atoms with Crippen molar-refractivity contribution in [3.05, 3.63) is 53.2 Å². The van der Waals surface area contributed by atoms with Gasteiger partial charge in [-0.05, 0) is 16.3 Å². The molecule has 0 aliphatic heterocycles. The summed E-state index contributed by atoms with van der Waals surface area (Å²) in [5.41, 5.74) is 14.0. The number of hydrogen-bond donors (Lipinski definition) is 3. The van der Waals surface area contributed by atoms with E-state index < -0.39 is 11.9 Å². The van der Waals surface area contributed by atoms with Crippen molar-refractivity contribution in [2.75, 3.05) is 0 Å². The SMILES string of the molecule is NC1=C(N)C(C(=O)O)c2cccc3cccc1c23. The molecule has 4 nitrogen and oxygen atoms in total. The second-order valence-electron chi connectivity index (χ2n) is 4.39. The Hall–Kier alpha value is -2.49. The van der Waals surface area contributed by atoms with Crippen molar-refractivity contribution in [3.8, 4) is 0 Å². The molecule has 1 aliphatic carbocycles. The lowest BCUT2D eigenvalue weighted by atomic mass is 9.82. The average molecular weight is 240 g/mol. The van der Waals surface area contributed by atoms with Crippen LogP contribution in [0, 0.1) is 0 Å². The smallest absolute Gasteiger partial charge is 0.317 e. The molecule has 2 aromatic carbocycles. The molecule has 0 heterocycles. The first-order valence-corrected chi connectivity index (χ1v) is 5.61. The van der Waals surface area contributed by atoms with Crippen LogP contribution < -0.4 is 11.5 Å². The Balaban J connectivity index is 2.48. The van der Waals surface area contributed by atoms with Gasteiger partial charge in [0.15, 0.2) is 0 Å². The number of carbonyl (C=O) groups is 1. The molecule has 5 N–H and O–H groups in total. The van der Waals surface area contributed by atoms with E-state index in [2.05, 4.69) is 0 Å². The summed E-state index contributed by atoms with van der Waals surface area (Å²) in [6.45, 7) is 0. The van der Waals surface area contributed by atoms with Gasteiger partial charge in [-0.25, -0.2) is 0 Å². The van der Waals surface area contributed by atoms with Gasteiger partial charge in [0, 0.05) is 5.56 Å². The van der Waals surface area contributed by atoms with Crippen molar-refractivity contribution in [2.24, 2.45) is 11.5 Å². The zero-order chi connectivity index (χ0) is 12.9. The zero-order valence-electron chi connectivity index (χ0n) is 9.55. The van der Waals surface area contributed by atoms with Crippen molar-refractivity contribution >= 4 is 22.4 Å². The maximum atomic E-state index is 11.4.